The maximum atomic E-state index is 11.2. The normalized spacial score (nSPS) is 26.9. The number of nitrogen functional groups attached to an aromatic ring is 1. The van der Waals surface area contributed by atoms with E-state index in [0.717, 1.165) is 12.3 Å². The van der Waals surface area contributed by atoms with Crippen LogP contribution in [0, 0.1) is 11.8 Å². The van der Waals surface area contributed by atoms with Crippen molar-refractivity contribution in [3.05, 3.63) is 23.8 Å². The van der Waals surface area contributed by atoms with Gasteiger partial charge in [0.2, 0.25) is 0 Å². The lowest BCUT2D eigenvalue weighted by Crippen LogP contribution is -2.33. The van der Waals surface area contributed by atoms with Crippen molar-refractivity contribution >= 4 is 17.3 Å². The Bertz CT molecular complexity index is 473. The summed E-state index contributed by atoms with van der Waals surface area (Å²) in [5.74, 6) is 0.388. The molecule has 1 aliphatic carbocycles. The maximum Gasteiger partial charge on any atom is 0.337 e. The second-order valence-electron chi connectivity index (χ2n) is 5.76. The van der Waals surface area contributed by atoms with Crippen molar-refractivity contribution < 1.29 is 9.90 Å². The Kier molecular flexibility index (Phi) is 3.98. The zero-order chi connectivity index (χ0) is 14.0. The molecule has 1 aliphatic rings. The van der Waals surface area contributed by atoms with Gasteiger partial charge >= 0.3 is 5.97 Å². The molecule has 4 N–H and O–H groups in total. The van der Waals surface area contributed by atoms with Crippen LogP contribution in [0.1, 0.15) is 43.5 Å². The van der Waals surface area contributed by atoms with E-state index in [9.17, 15) is 9.90 Å². The zero-order valence-electron chi connectivity index (χ0n) is 11.5. The summed E-state index contributed by atoms with van der Waals surface area (Å²) in [7, 11) is 0. The number of benzene rings is 1. The number of aromatic carboxylic acids is 1. The summed E-state index contributed by atoms with van der Waals surface area (Å²) < 4.78 is 0. The monoisotopic (exact) mass is 262 g/mol. The van der Waals surface area contributed by atoms with E-state index in [1.165, 1.54) is 12.8 Å². The molecular weight excluding hydrogens is 240 g/mol. The van der Waals surface area contributed by atoms with E-state index in [4.69, 9.17) is 5.73 Å². The average molecular weight is 262 g/mol. The molecule has 1 saturated carbocycles. The van der Waals surface area contributed by atoms with Gasteiger partial charge in [-0.15, -0.1) is 0 Å². The molecule has 4 nitrogen and oxygen atoms in total. The summed E-state index contributed by atoms with van der Waals surface area (Å²) in [6, 6.07) is 5.24. The summed E-state index contributed by atoms with van der Waals surface area (Å²) in [4.78, 5) is 11.2. The molecule has 0 bridgehead atoms. The average Bonchev–Trinajstić information content (AvgIpc) is 2.32. The van der Waals surface area contributed by atoms with Gasteiger partial charge in [-0.1, -0.05) is 13.8 Å². The lowest BCUT2D eigenvalue weighted by atomic mass is 9.79. The number of hydrogen-bond acceptors (Lipinski definition) is 3. The smallest absolute Gasteiger partial charge is 0.337 e. The van der Waals surface area contributed by atoms with Gasteiger partial charge in [0, 0.05) is 11.7 Å². The lowest BCUT2D eigenvalue weighted by molar-refractivity contribution is 0.0698. The lowest BCUT2D eigenvalue weighted by Gasteiger charge is -2.34. The number of nitrogens with two attached hydrogens (primary N) is 1. The van der Waals surface area contributed by atoms with Gasteiger partial charge in [0.1, 0.15) is 0 Å². The van der Waals surface area contributed by atoms with Crippen LogP contribution in [0.15, 0.2) is 18.2 Å². The number of carboxylic acids is 1. The van der Waals surface area contributed by atoms with E-state index < -0.39 is 5.97 Å². The molecule has 19 heavy (non-hydrogen) atoms. The number of carbonyl (C=O) groups is 1. The van der Waals surface area contributed by atoms with Crippen molar-refractivity contribution in [2.75, 3.05) is 11.1 Å². The van der Waals surface area contributed by atoms with Crippen LogP contribution in [0.25, 0.3) is 0 Å². The highest BCUT2D eigenvalue weighted by atomic mass is 16.4. The van der Waals surface area contributed by atoms with Gasteiger partial charge in [0.05, 0.1) is 11.3 Å². The van der Waals surface area contributed by atoms with E-state index >= 15 is 0 Å². The first-order chi connectivity index (χ1) is 8.97. The molecule has 0 saturated heterocycles. The summed E-state index contributed by atoms with van der Waals surface area (Å²) in [5, 5.41) is 12.6. The highest BCUT2D eigenvalue weighted by molar-refractivity contribution is 5.95. The number of anilines is 2. The molecule has 2 rings (SSSR count). The van der Waals surface area contributed by atoms with Crippen LogP contribution in [-0.4, -0.2) is 17.1 Å². The van der Waals surface area contributed by atoms with Crippen molar-refractivity contribution in [2.45, 2.75) is 39.2 Å². The minimum absolute atomic E-state index is 0.292. The maximum absolute atomic E-state index is 11.2. The first-order valence-corrected chi connectivity index (χ1v) is 6.86. The molecule has 1 aromatic rings. The highest BCUT2D eigenvalue weighted by Crippen LogP contribution is 2.32. The Morgan fingerprint density at radius 2 is 2.11 bits per heavy atom. The summed E-state index contributed by atoms with van der Waals surface area (Å²) in [6.45, 7) is 4.50. The molecule has 0 spiro atoms. The highest BCUT2D eigenvalue weighted by Gasteiger charge is 2.26. The molecule has 3 atom stereocenters. The van der Waals surface area contributed by atoms with Crippen LogP contribution >= 0.6 is 0 Å². The quantitative estimate of drug-likeness (QED) is 0.731. The molecule has 0 heterocycles. The summed E-state index contributed by atoms with van der Waals surface area (Å²) in [6.07, 6.45) is 3.45. The van der Waals surface area contributed by atoms with Crippen molar-refractivity contribution in [3.8, 4) is 0 Å². The number of hydrogen-bond donors (Lipinski definition) is 3. The molecule has 0 aliphatic heterocycles. The van der Waals surface area contributed by atoms with E-state index in [1.807, 2.05) is 0 Å². The number of rotatable bonds is 3. The van der Waals surface area contributed by atoms with Crippen molar-refractivity contribution in [1.82, 2.24) is 0 Å². The third kappa shape index (κ3) is 3.19. The van der Waals surface area contributed by atoms with Gasteiger partial charge in [0.15, 0.2) is 0 Å². The van der Waals surface area contributed by atoms with E-state index in [-0.39, 0.29) is 0 Å². The van der Waals surface area contributed by atoms with Gasteiger partial charge in [-0.3, -0.25) is 0 Å². The zero-order valence-corrected chi connectivity index (χ0v) is 11.5. The first-order valence-electron chi connectivity index (χ1n) is 6.86. The predicted molar refractivity (Wildman–Crippen MR) is 77.4 cm³/mol. The molecule has 1 fully saturated rings. The van der Waals surface area contributed by atoms with Crippen LogP contribution in [0.5, 0.6) is 0 Å². The van der Waals surface area contributed by atoms with Crippen molar-refractivity contribution in [1.29, 1.82) is 0 Å². The van der Waals surface area contributed by atoms with Crippen molar-refractivity contribution in [2.24, 2.45) is 11.8 Å². The van der Waals surface area contributed by atoms with Gasteiger partial charge in [0.25, 0.3) is 0 Å². The van der Waals surface area contributed by atoms with Crippen LogP contribution in [-0.2, 0) is 0 Å². The van der Waals surface area contributed by atoms with Gasteiger partial charge < -0.3 is 16.2 Å². The third-order valence-corrected chi connectivity index (χ3v) is 4.05. The molecule has 3 unspecified atom stereocenters. The second kappa shape index (κ2) is 5.51. The van der Waals surface area contributed by atoms with Crippen LogP contribution in [0.2, 0.25) is 0 Å². The molecule has 0 amide bonds. The Morgan fingerprint density at radius 3 is 2.74 bits per heavy atom. The molecule has 4 heteroatoms. The minimum atomic E-state index is -0.917. The second-order valence-corrected chi connectivity index (χ2v) is 5.76. The summed E-state index contributed by atoms with van der Waals surface area (Å²) >= 11 is 0. The van der Waals surface area contributed by atoms with Crippen molar-refractivity contribution in [3.63, 3.8) is 0 Å². The first kappa shape index (κ1) is 13.7. The SMILES string of the molecule is CC1CCC(Nc2cc(N)ccc2C(=O)O)C(C)C1. The topological polar surface area (TPSA) is 75.3 Å². The molecule has 0 aromatic heterocycles. The third-order valence-electron chi connectivity index (χ3n) is 4.05. The van der Waals surface area contributed by atoms with E-state index in [2.05, 4.69) is 19.2 Å². The number of nitrogens with one attached hydrogen (secondary N) is 1. The Labute approximate surface area is 114 Å². The number of carboxylic acid groups (broad SMARTS) is 1. The predicted octanol–water partition coefficient (Wildman–Crippen LogP) is 3.20. The Balaban J connectivity index is 2.18. The van der Waals surface area contributed by atoms with Gasteiger partial charge in [-0.2, -0.15) is 0 Å². The van der Waals surface area contributed by atoms with Gasteiger partial charge in [-0.05, 0) is 49.3 Å². The fourth-order valence-electron chi connectivity index (χ4n) is 2.95. The fourth-order valence-corrected chi connectivity index (χ4v) is 2.95. The molecule has 0 radical (unpaired) electrons. The van der Waals surface area contributed by atoms with Crippen LogP contribution < -0.4 is 11.1 Å². The molecule has 104 valence electrons. The van der Waals surface area contributed by atoms with Crippen LogP contribution in [0.3, 0.4) is 0 Å². The Morgan fingerprint density at radius 1 is 1.37 bits per heavy atom. The molecular formula is C15H22N2O2. The van der Waals surface area contributed by atoms with Crippen LogP contribution in [0.4, 0.5) is 11.4 Å². The standard InChI is InChI=1S/C15H22N2O2/c1-9-3-6-13(10(2)7-9)17-14-8-11(16)4-5-12(14)15(18)19/h4-5,8-10,13,17H,3,6-7,16H2,1-2H3,(H,18,19). The van der Waals surface area contributed by atoms with E-state index in [0.29, 0.717) is 28.9 Å². The molecule has 1 aromatic carbocycles. The summed E-state index contributed by atoms with van der Waals surface area (Å²) in [5.41, 5.74) is 7.27. The van der Waals surface area contributed by atoms with E-state index in [1.54, 1.807) is 18.2 Å². The minimum Gasteiger partial charge on any atom is -0.478 e. The largest absolute Gasteiger partial charge is 0.478 e. The Hall–Kier alpha value is -1.71. The van der Waals surface area contributed by atoms with Gasteiger partial charge in [-0.25, -0.2) is 4.79 Å². The fraction of sp³-hybridized carbons (Fsp3) is 0.533.